The summed E-state index contributed by atoms with van der Waals surface area (Å²) in [5, 5.41) is 8.57. The van der Waals surface area contributed by atoms with Gasteiger partial charge in [0, 0.05) is 33.0 Å². The fourth-order valence-corrected chi connectivity index (χ4v) is 8.35. The maximum absolute atomic E-state index is 5.42. The van der Waals surface area contributed by atoms with E-state index >= 15 is 0 Å². The van der Waals surface area contributed by atoms with E-state index in [0.717, 1.165) is 88.7 Å². The lowest BCUT2D eigenvalue weighted by atomic mass is 9.92. The second-order valence-corrected chi connectivity index (χ2v) is 15.1. The highest BCUT2D eigenvalue weighted by Crippen LogP contribution is 2.44. The van der Waals surface area contributed by atoms with E-state index < -0.39 is 0 Å². The number of hydrogen-bond acceptors (Lipinski definition) is 4. The first-order valence-corrected chi connectivity index (χ1v) is 20.5. The third-order valence-corrected chi connectivity index (χ3v) is 11.3. The van der Waals surface area contributed by atoms with Crippen molar-refractivity contribution in [3.8, 4) is 84.5 Å². The van der Waals surface area contributed by atoms with Crippen LogP contribution in [-0.2, 0) is 0 Å². The minimum absolute atomic E-state index is 0.591. The van der Waals surface area contributed by atoms with E-state index in [2.05, 4.69) is 205 Å². The summed E-state index contributed by atoms with van der Waals surface area (Å²) in [4.78, 5) is 15.9. The zero-order valence-corrected chi connectivity index (χ0v) is 33.1. The van der Waals surface area contributed by atoms with Gasteiger partial charge in [0.2, 0.25) is 0 Å². The lowest BCUT2D eigenvalue weighted by Crippen LogP contribution is -2.01. The molecule has 0 aliphatic heterocycles. The SMILES string of the molecule is c1ccc(-c2cccc(-c3nc(-c4cccc(-c5ccccc5)c4)nc(-c4cccc5c4cc(-c4ccccc4)c4c(-c6ccccc6)nn(-c6ccccc6)c45)n3)c2)cc1. The van der Waals surface area contributed by atoms with Crippen molar-refractivity contribution in [2.75, 3.05) is 0 Å². The normalized spacial score (nSPS) is 11.3. The molecule has 61 heavy (non-hydrogen) atoms. The summed E-state index contributed by atoms with van der Waals surface area (Å²) >= 11 is 0. The van der Waals surface area contributed by atoms with Crippen LogP contribution in [0.4, 0.5) is 0 Å². The van der Waals surface area contributed by atoms with E-state index in [-0.39, 0.29) is 0 Å². The van der Waals surface area contributed by atoms with E-state index in [4.69, 9.17) is 20.1 Å². The predicted molar refractivity (Wildman–Crippen MR) is 250 cm³/mol. The van der Waals surface area contributed by atoms with Crippen LogP contribution in [0.25, 0.3) is 106 Å². The van der Waals surface area contributed by atoms with Gasteiger partial charge in [-0.25, -0.2) is 19.6 Å². The van der Waals surface area contributed by atoms with Crippen LogP contribution < -0.4 is 0 Å². The molecule has 0 fully saturated rings. The molecule has 2 heterocycles. The molecule has 9 aromatic carbocycles. The first kappa shape index (κ1) is 35.8. The van der Waals surface area contributed by atoms with E-state index in [0.29, 0.717) is 17.5 Å². The van der Waals surface area contributed by atoms with Gasteiger partial charge in [-0.2, -0.15) is 5.10 Å². The molecule has 0 saturated heterocycles. The third-order valence-electron chi connectivity index (χ3n) is 11.3. The van der Waals surface area contributed by atoms with E-state index in [1.165, 1.54) is 0 Å². The maximum Gasteiger partial charge on any atom is 0.164 e. The standard InChI is InChI=1S/C56H37N5/c1-6-19-38(20-7-1)42-27-16-29-44(35-42)54-57-55(45-30-17-28-43(36-45)39-21-8-2-9-22-39)59-56(58-54)48-34-18-33-47-50(48)37-49(40-23-10-3-11-24-40)51-52(41-25-12-4-13-26-41)60-61(53(47)51)46-31-14-5-15-32-46/h1-37H. The van der Waals surface area contributed by atoms with Crippen LogP contribution in [0.5, 0.6) is 0 Å². The van der Waals surface area contributed by atoms with Crippen molar-refractivity contribution >= 4 is 21.7 Å². The molecule has 11 rings (SSSR count). The molecule has 0 aliphatic rings. The summed E-state index contributed by atoms with van der Waals surface area (Å²) in [5.41, 5.74) is 13.3. The monoisotopic (exact) mass is 779 g/mol. The molecule has 0 N–H and O–H groups in total. The van der Waals surface area contributed by atoms with Gasteiger partial charge < -0.3 is 0 Å². The average Bonchev–Trinajstić information content (AvgIpc) is 3.76. The molecule has 0 aliphatic carbocycles. The Bertz CT molecular complexity index is 3230. The van der Waals surface area contributed by atoms with Gasteiger partial charge in [0.1, 0.15) is 5.69 Å². The van der Waals surface area contributed by atoms with Crippen molar-refractivity contribution in [3.63, 3.8) is 0 Å². The lowest BCUT2D eigenvalue weighted by Gasteiger charge is -2.15. The van der Waals surface area contributed by atoms with Crippen LogP contribution in [0.1, 0.15) is 0 Å². The van der Waals surface area contributed by atoms with Gasteiger partial charge in [-0.1, -0.05) is 194 Å². The van der Waals surface area contributed by atoms with Gasteiger partial charge in [-0.05, 0) is 69.1 Å². The van der Waals surface area contributed by atoms with Gasteiger partial charge in [0.05, 0.1) is 11.2 Å². The maximum atomic E-state index is 5.42. The number of benzene rings is 9. The van der Waals surface area contributed by atoms with E-state index in [1.807, 2.05) is 24.3 Å². The van der Waals surface area contributed by atoms with Crippen molar-refractivity contribution in [1.82, 2.24) is 24.7 Å². The van der Waals surface area contributed by atoms with Crippen molar-refractivity contribution < 1.29 is 0 Å². The van der Waals surface area contributed by atoms with Crippen LogP contribution in [0.2, 0.25) is 0 Å². The van der Waals surface area contributed by atoms with Gasteiger partial charge >= 0.3 is 0 Å². The van der Waals surface area contributed by atoms with Crippen LogP contribution in [0, 0.1) is 0 Å². The van der Waals surface area contributed by atoms with Gasteiger partial charge in [-0.3, -0.25) is 0 Å². The largest absolute Gasteiger partial charge is 0.232 e. The van der Waals surface area contributed by atoms with Crippen LogP contribution >= 0.6 is 0 Å². The van der Waals surface area contributed by atoms with Crippen LogP contribution in [-0.4, -0.2) is 24.7 Å². The van der Waals surface area contributed by atoms with E-state index in [1.54, 1.807) is 0 Å². The highest BCUT2D eigenvalue weighted by Gasteiger charge is 2.23. The number of fused-ring (bicyclic) bond motifs is 3. The fourth-order valence-electron chi connectivity index (χ4n) is 8.35. The summed E-state index contributed by atoms with van der Waals surface area (Å²) in [6.45, 7) is 0. The summed E-state index contributed by atoms with van der Waals surface area (Å²) in [6.07, 6.45) is 0. The Hall–Kier alpha value is -8.28. The zero-order chi connectivity index (χ0) is 40.5. The van der Waals surface area contributed by atoms with E-state index in [9.17, 15) is 0 Å². The molecule has 0 amide bonds. The Kier molecular flexibility index (Phi) is 9.10. The number of aromatic nitrogens is 5. The Morgan fingerprint density at radius 2 is 0.738 bits per heavy atom. The molecule has 286 valence electrons. The molecule has 5 nitrogen and oxygen atoms in total. The summed E-state index contributed by atoms with van der Waals surface area (Å²) in [5.74, 6) is 1.79. The minimum Gasteiger partial charge on any atom is -0.232 e. The van der Waals surface area contributed by atoms with Crippen molar-refractivity contribution in [3.05, 3.63) is 224 Å². The minimum atomic E-state index is 0.591. The van der Waals surface area contributed by atoms with Gasteiger partial charge in [-0.15, -0.1) is 0 Å². The summed E-state index contributed by atoms with van der Waals surface area (Å²) in [6, 6.07) is 78.0. The molecule has 2 aromatic heterocycles. The fraction of sp³-hybridized carbons (Fsp3) is 0. The second-order valence-electron chi connectivity index (χ2n) is 15.1. The summed E-state index contributed by atoms with van der Waals surface area (Å²) < 4.78 is 2.10. The molecule has 0 unspecified atom stereocenters. The zero-order valence-electron chi connectivity index (χ0n) is 33.1. The molecule has 0 atom stereocenters. The molecule has 5 heteroatoms. The Balaban J connectivity index is 1.20. The highest BCUT2D eigenvalue weighted by atomic mass is 15.3. The smallest absolute Gasteiger partial charge is 0.164 e. The number of nitrogens with zero attached hydrogens (tertiary/aromatic N) is 5. The molecular formula is C56H37N5. The Labute approximate surface area is 354 Å². The summed E-state index contributed by atoms with van der Waals surface area (Å²) in [7, 11) is 0. The quantitative estimate of drug-likeness (QED) is 0.154. The Morgan fingerprint density at radius 1 is 0.295 bits per heavy atom. The highest BCUT2D eigenvalue weighted by molar-refractivity contribution is 6.19. The molecule has 11 aromatic rings. The molecular weight excluding hydrogens is 743 g/mol. The van der Waals surface area contributed by atoms with Gasteiger partial charge in [0.25, 0.3) is 0 Å². The van der Waals surface area contributed by atoms with Crippen molar-refractivity contribution in [2.45, 2.75) is 0 Å². The molecule has 0 radical (unpaired) electrons. The predicted octanol–water partition coefficient (Wildman–Crippen LogP) is 14.0. The lowest BCUT2D eigenvalue weighted by molar-refractivity contribution is 0.918. The van der Waals surface area contributed by atoms with Gasteiger partial charge in [0.15, 0.2) is 17.5 Å². The first-order valence-electron chi connectivity index (χ1n) is 20.5. The van der Waals surface area contributed by atoms with Crippen LogP contribution in [0.3, 0.4) is 0 Å². The van der Waals surface area contributed by atoms with Crippen molar-refractivity contribution in [1.29, 1.82) is 0 Å². The number of hydrogen-bond donors (Lipinski definition) is 0. The molecule has 0 saturated carbocycles. The first-order chi connectivity index (χ1) is 30.2. The second kappa shape index (κ2) is 15.5. The average molecular weight is 780 g/mol. The van der Waals surface area contributed by atoms with Crippen LogP contribution in [0.15, 0.2) is 224 Å². The topological polar surface area (TPSA) is 56.5 Å². The number of para-hydroxylation sites is 1. The third kappa shape index (κ3) is 6.74. The Morgan fingerprint density at radius 3 is 1.30 bits per heavy atom. The molecule has 0 bridgehead atoms. The molecule has 0 spiro atoms. The number of rotatable bonds is 8. The van der Waals surface area contributed by atoms with Crippen molar-refractivity contribution in [2.24, 2.45) is 0 Å².